The smallest absolute Gasteiger partial charge is 0.549 e. The summed E-state index contributed by atoms with van der Waals surface area (Å²) in [5.74, 6) is -12.0. The molecule has 104 heavy (non-hydrogen) atoms. The van der Waals surface area contributed by atoms with Gasteiger partial charge in [0.05, 0.1) is 37.3 Å². The summed E-state index contributed by atoms with van der Waals surface area (Å²) in [6.07, 6.45) is 8.82. The van der Waals surface area contributed by atoms with E-state index in [-0.39, 0.29) is 153 Å². The van der Waals surface area contributed by atoms with Gasteiger partial charge in [-0.3, -0.25) is 72.3 Å². The summed E-state index contributed by atoms with van der Waals surface area (Å²) in [6.45, 7) is 8.03. The Kier molecular flexibility index (Phi) is 41.8. The standard InChI is InChI=1S/C67H106N18O17S.Lu/c1-41(2)30-50(65(100)78-48(61(69)96)19-29-103-6)79-66(101)52(32-45-34-70-40-74-45)77-55(88)35-73-67(102)60(42(3)4)81-62(97)43(5)75-64(99)51(31-44-33-72-47-15-12-11-14-46(44)47)80-63(98)49(17-18-53(68)86)76-54(87)16-10-8-7-9-13-20-71-56(89)36-82-21-23-83(37-57(90)91)25-27-85(39-59(94)95)28-26-84(24-22-82)38-58(92)93;/h11-12,14-15,33-34,40-43,48-52,60,72H,7-10,13,16-32,35-39H2,1-6H3,(H2,68,86)(H2,69,96)(H,70,74)(H,71,89)(H,73,102)(H,75,99)(H,76,87)(H,77,88)(H,78,100)(H,79,101)(H,80,98)(H,81,97)(H,90,91)(H,92,93)(H,94,95);/q;+3/p-3/t43-,48-,49-,50-,51-,52-,60-;/m0./s1/i;1+2. The van der Waals surface area contributed by atoms with Crippen molar-refractivity contribution in [2.75, 3.05) is 104 Å². The Morgan fingerprint density at radius 3 is 1.61 bits per heavy atom. The van der Waals surface area contributed by atoms with Gasteiger partial charge in [-0.25, -0.2) is 4.98 Å². The Hall–Kier alpha value is -8.03. The predicted molar refractivity (Wildman–Crippen MR) is 373 cm³/mol. The van der Waals surface area contributed by atoms with Gasteiger partial charge in [0.15, 0.2) is 0 Å². The van der Waals surface area contributed by atoms with Gasteiger partial charge in [0, 0.05) is 133 Å². The third-order valence-electron chi connectivity index (χ3n) is 17.0. The minimum absolute atomic E-state index is 0. The van der Waals surface area contributed by atoms with Gasteiger partial charge in [-0.2, -0.15) is 11.8 Å². The Morgan fingerprint density at radius 2 is 1.06 bits per heavy atom. The molecule has 584 valence electrons. The molecule has 0 aliphatic carbocycles. The molecule has 7 atom stereocenters. The summed E-state index contributed by atoms with van der Waals surface area (Å²) < 4.78 is 0. The number of unbranched alkanes of at least 4 members (excludes halogenated alkanes) is 4. The van der Waals surface area contributed by atoms with Crippen molar-refractivity contribution in [2.24, 2.45) is 23.3 Å². The number of primary amides is 2. The second-order valence-electron chi connectivity index (χ2n) is 26.4. The molecule has 4 rings (SSSR count). The molecule has 0 radical (unpaired) electrons. The van der Waals surface area contributed by atoms with Crippen LogP contribution in [-0.4, -0.2) is 263 Å². The normalized spacial score (nSPS) is 15.5. The maximum atomic E-state index is 14.4. The number of aliphatic carboxylic acids is 3. The fourth-order valence-corrected chi connectivity index (χ4v) is 11.8. The van der Waals surface area contributed by atoms with E-state index in [1.54, 1.807) is 52.9 Å². The summed E-state index contributed by atoms with van der Waals surface area (Å²) in [5.41, 5.74) is 12.8. The molecule has 35 nitrogen and oxygen atoms in total. The second kappa shape index (κ2) is 48.2. The van der Waals surface area contributed by atoms with Crippen LogP contribution in [0.15, 0.2) is 43.0 Å². The monoisotopic (exact) mass is 1640 g/mol. The first-order valence-electron chi connectivity index (χ1n) is 34.6. The SMILES string of the molecule is CSCC[C@H](NC(=O)[C@H](CC(C)C)NC(=O)[C@H](Cc1cnc[nH]1)NC(=O)CNC(=O)[C@@H](NC(=O)[C@H](C)NC(=O)[C@H](Cc1c[nH]c2ccccc12)NC(=O)[C@H](CCC(N)=O)NC(=O)CCCCCCCNC(=O)CN1CCN(CC(=O)[O-])CCN(CC(=O)[O-])CCN(CC(=O)[O-])CC1)C(C)C)C(N)=O.[177Lu+3]. The summed E-state index contributed by atoms with van der Waals surface area (Å²) in [4.78, 5) is 199. The first-order valence-corrected chi connectivity index (χ1v) is 36.0. The van der Waals surface area contributed by atoms with Gasteiger partial charge in [0.25, 0.3) is 0 Å². The number of hydrogen-bond acceptors (Lipinski definition) is 23. The summed E-state index contributed by atoms with van der Waals surface area (Å²) in [5, 5.41) is 59.1. The van der Waals surface area contributed by atoms with Crippen molar-refractivity contribution < 1.29 is 119 Å². The summed E-state index contributed by atoms with van der Waals surface area (Å²) in [7, 11) is 0. The molecular formula is C67H103LuN18O17S. The minimum Gasteiger partial charge on any atom is -0.549 e. The molecule has 1 aromatic carbocycles. The number of carbonyl (C=O) groups is 14. The van der Waals surface area contributed by atoms with E-state index in [1.165, 1.54) is 36.1 Å². The number of amides is 11. The van der Waals surface area contributed by atoms with Crippen molar-refractivity contribution in [3.8, 4) is 0 Å². The molecule has 3 heterocycles. The van der Waals surface area contributed by atoms with Crippen molar-refractivity contribution in [3.05, 3.63) is 54.2 Å². The van der Waals surface area contributed by atoms with Crippen LogP contribution in [0.3, 0.4) is 0 Å². The minimum atomic E-state index is -1.39. The molecule has 1 fully saturated rings. The number of aromatic nitrogens is 3. The van der Waals surface area contributed by atoms with Gasteiger partial charge in [-0.15, -0.1) is 0 Å². The van der Waals surface area contributed by atoms with Crippen molar-refractivity contribution in [1.29, 1.82) is 0 Å². The van der Waals surface area contributed by atoms with E-state index in [0.717, 1.165) is 10.9 Å². The largest absolute Gasteiger partial charge is 3.00 e. The van der Waals surface area contributed by atoms with Crippen molar-refractivity contribution in [3.63, 3.8) is 0 Å². The quantitative estimate of drug-likeness (QED) is 0.0234. The van der Waals surface area contributed by atoms with Crippen LogP contribution in [0.25, 0.3) is 10.9 Å². The number of nitrogens with one attached hydrogen (secondary N) is 11. The van der Waals surface area contributed by atoms with Gasteiger partial charge in [-0.1, -0.05) is 65.2 Å². The number of fused-ring (bicyclic) bond motifs is 1. The third-order valence-corrected chi connectivity index (χ3v) is 17.6. The van der Waals surface area contributed by atoms with E-state index < -0.39 is 151 Å². The van der Waals surface area contributed by atoms with Crippen molar-refractivity contribution >= 4 is 106 Å². The molecule has 0 saturated carbocycles. The predicted octanol–water partition coefficient (Wildman–Crippen LogP) is -6.66. The molecule has 11 amide bonds. The number of carboxylic acids is 3. The Morgan fingerprint density at radius 1 is 0.538 bits per heavy atom. The first kappa shape index (κ1) is 90.2. The van der Waals surface area contributed by atoms with Crippen LogP contribution in [0.2, 0.25) is 0 Å². The Bertz CT molecular complexity index is 3280. The molecule has 1 saturated heterocycles. The van der Waals surface area contributed by atoms with Crippen LogP contribution < -0.4 is 74.6 Å². The van der Waals surface area contributed by atoms with Gasteiger partial charge in [0.2, 0.25) is 65.0 Å². The van der Waals surface area contributed by atoms with E-state index in [1.807, 2.05) is 26.2 Å². The van der Waals surface area contributed by atoms with Crippen LogP contribution in [-0.2, 0) is 80.0 Å². The van der Waals surface area contributed by atoms with E-state index in [4.69, 9.17) is 11.5 Å². The number of thioether (sulfide) groups is 1. The Labute approximate surface area is 638 Å². The van der Waals surface area contributed by atoms with E-state index in [9.17, 15) is 82.4 Å². The molecule has 3 aromatic rings. The zero-order valence-electron chi connectivity index (χ0n) is 59.8. The van der Waals surface area contributed by atoms with Gasteiger partial charge in [0.1, 0.15) is 42.3 Å². The van der Waals surface area contributed by atoms with E-state index in [0.29, 0.717) is 55.7 Å². The molecule has 0 bridgehead atoms. The topological polar surface area (TPSA) is 526 Å². The first-order chi connectivity index (χ1) is 48.9. The Balaban J connectivity index is 0.0000281. The van der Waals surface area contributed by atoms with Crippen LogP contribution in [0.4, 0.5) is 0 Å². The van der Waals surface area contributed by atoms with Crippen LogP contribution >= 0.6 is 11.8 Å². The molecule has 0 unspecified atom stereocenters. The number of aromatic amines is 2. The molecule has 37 heteroatoms. The van der Waals surface area contributed by atoms with E-state index in [2.05, 4.69) is 62.8 Å². The zero-order chi connectivity index (χ0) is 76.1. The number of benzene rings is 1. The number of imidazole rings is 1. The third kappa shape index (κ3) is 35.2. The van der Waals surface area contributed by atoms with Gasteiger partial charge in [-0.05, 0) is 74.5 Å². The number of nitrogens with zero attached hydrogens (tertiary/aromatic N) is 5. The van der Waals surface area contributed by atoms with Crippen LogP contribution in [0.5, 0.6) is 0 Å². The molecule has 15 N–H and O–H groups in total. The fraction of sp³-hybridized carbons (Fsp3) is 0.627. The number of carboxylic acid groups (broad SMARTS) is 3. The van der Waals surface area contributed by atoms with Crippen LogP contribution in [0.1, 0.15) is 110 Å². The second-order valence-corrected chi connectivity index (χ2v) is 27.3. The average molecular weight is 1640 g/mol. The molecule has 2 aromatic heterocycles. The van der Waals surface area contributed by atoms with Gasteiger partial charge >= 0.3 is 36.9 Å². The van der Waals surface area contributed by atoms with Crippen molar-refractivity contribution in [1.82, 2.24) is 82.4 Å². The molecule has 1 aliphatic heterocycles. The number of H-pyrrole nitrogens is 2. The van der Waals surface area contributed by atoms with Gasteiger partial charge < -0.3 is 99.0 Å². The number of carbonyl (C=O) groups excluding carboxylic acids is 14. The number of para-hydroxylation sites is 1. The maximum absolute atomic E-state index is 14.4. The maximum Gasteiger partial charge on any atom is 3.00 e. The van der Waals surface area contributed by atoms with E-state index >= 15 is 0 Å². The van der Waals surface area contributed by atoms with Crippen LogP contribution in [0, 0.1) is 48.7 Å². The number of hydrogen-bond donors (Lipinski definition) is 13. The summed E-state index contributed by atoms with van der Waals surface area (Å²) in [6, 6.07) is -1.59. The summed E-state index contributed by atoms with van der Waals surface area (Å²) >= 11 is 1.46. The number of nitrogens with two attached hydrogens (primary N) is 2. The fourth-order valence-electron chi connectivity index (χ4n) is 11.3. The van der Waals surface area contributed by atoms with Crippen molar-refractivity contribution in [2.45, 2.75) is 154 Å². The molecule has 0 spiro atoms. The molecule has 1 aliphatic rings. The number of rotatable bonds is 45. The average Bonchev–Trinajstić information content (AvgIpc) is 1.67. The zero-order valence-corrected chi connectivity index (χ0v) is 62.3. The molecular weight excluding hydrogens is 1540 g/mol.